The van der Waals surface area contributed by atoms with Crippen LogP contribution in [-0.4, -0.2) is 50.0 Å². The molecule has 1 atom stereocenters. The standard InChI is InChI=1S/C25H29Cl4N3O4S/c1-3-22(25(34)30-17-7-4-5-8-17)31(14-18-19(27)9-6-10-20(18)28)24(33)15-32(37(2,35)36)23-13-16(26)11-12-21(23)29/h6,9-13,17,22H,3-5,7-8,14-15H2,1-2H3,(H,30,34)/t22-/m0/s1. The minimum Gasteiger partial charge on any atom is -0.352 e. The summed E-state index contributed by atoms with van der Waals surface area (Å²) in [4.78, 5) is 28.5. The van der Waals surface area contributed by atoms with Crippen LogP contribution >= 0.6 is 46.4 Å². The first-order valence-corrected chi connectivity index (χ1v) is 15.2. The van der Waals surface area contributed by atoms with Crippen molar-refractivity contribution in [3.05, 3.63) is 62.1 Å². The van der Waals surface area contributed by atoms with Crippen LogP contribution in [0.4, 0.5) is 5.69 Å². The van der Waals surface area contributed by atoms with E-state index in [1.54, 1.807) is 25.1 Å². The van der Waals surface area contributed by atoms with Crippen molar-refractivity contribution in [1.29, 1.82) is 0 Å². The average molecular weight is 609 g/mol. The van der Waals surface area contributed by atoms with Crippen LogP contribution in [0.2, 0.25) is 20.1 Å². The highest BCUT2D eigenvalue weighted by atomic mass is 35.5. The van der Waals surface area contributed by atoms with Gasteiger partial charge in [-0.05, 0) is 49.6 Å². The van der Waals surface area contributed by atoms with Gasteiger partial charge in [-0.2, -0.15) is 0 Å². The summed E-state index contributed by atoms with van der Waals surface area (Å²) < 4.78 is 26.4. The lowest BCUT2D eigenvalue weighted by Crippen LogP contribution is -2.53. The fourth-order valence-electron chi connectivity index (χ4n) is 4.41. The molecule has 37 heavy (non-hydrogen) atoms. The first-order chi connectivity index (χ1) is 17.4. The van der Waals surface area contributed by atoms with Crippen LogP contribution in [-0.2, 0) is 26.2 Å². The number of rotatable bonds is 10. The van der Waals surface area contributed by atoms with Crippen molar-refractivity contribution < 1.29 is 18.0 Å². The predicted molar refractivity (Wildman–Crippen MR) is 150 cm³/mol. The molecule has 0 spiro atoms. The molecule has 12 heteroatoms. The Hall–Kier alpha value is -1.71. The number of hydrogen-bond acceptors (Lipinski definition) is 4. The molecule has 2 amide bonds. The summed E-state index contributed by atoms with van der Waals surface area (Å²) in [5, 5.41) is 4.06. The Balaban J connectivity index is 2.00. The van der Waals surface area contributed by atoms with Crippen molar-refractivity contribution in [1.82, 2.24) is 10.2 Å². The lowest BCUT2D eigenvalue weighted by atomic mass is 10.1. The van der Waals surface area contributed by atoms with Gasteiger partial charge in [0.15, 0.2) is 0 Å². The Labute approximate surface area is 238 Å². The molecule has 0 saturated heterocycles. The van der Waals surface area contributed by atoms with E-state index in [0.717, 1.165) is 36.2 Å². The third kappa shape index (κ3) is 7.67. The second kappa shape index (κ2) is 12.9. The molecule has 0 aromatic heterocycles. The lowest BCUT2D eigenvalue weighted by molar-refractivity contribution is -0.140. The van der Waals surface area contributed by atoms with Crippen LogP contribution in [0.15, 0.2) is 36.4 Å². The number of anilines is 1. The SMILES string of the molecule is CC[C@@H](C(=O)NC1CCCC1)N(Cc1c(Cl)cccc1Cl)C(=O)CN(c1cc(Cl)ccc1Cl)S(C)(=O)=O. The quantitative estimate of drug-likeness (QED) is 0.362. The summed E-state index contributed by atoms with van der Waals surface area (Å²) in [7, 11) is -3.96. The molecule has 1 fully saturated rings. The highest BCUT2D eigenvalue weighted by Crippen LogP contribution is 2.32. The Morgan fingerprint density at radius 2 is 1.65 bits per heavy atom. The number of sulfonamides is 1. The topological polar surface area (TPSA) is 86.8 Å². The number of amides is 2. The van der Waals surface area contributed by atoms with Crippen LogP contribution in [0.5, 0.6) is 0 Å². The predicted octanol–water partition coefficient (Wildman–Crippen LogP) is 5.93. The van der Waals surface area contributed by atoms with Crippen molar-refractivity contribution in [3.63, 3.8) is 0 Å². The summed E-state index contributed by atoms with van der Waals surface area (Å²) >= 11 is 25.2. The zero-order valence-electron chi connectivity index (χ0n) is 20.5. The molecule has 0 bridgehead atoms. The van der Waals surface area contributed by atoms with Crippen molar-refractivity contribution in [2.75, 3.05) is 17.1 Å². The van der Waals surface area contributed by atoms with Gasteiger partial charge in [0, 0.05) is 33.2 Å². The molecule has 0 radical (unpaired) electrons. The first-order valence-electron chi connectivity index (χ1n) is 11.9. The van der Waals surface area contributed by atoms with Crippen molar-refractivity contribution >= 4 is 73.9 Å². The maximum absolute atomic E-state index is 13.8. The Kier molecular flexibility index (Phi) is 10.4. The van der Waals surface area contributed by atoms with Crippen LogP contribution in [0.25, 0.3) is 0 Å². The van der Waals surface area contributed by atoms with Crippen LogP contribution < -0.4 is 9.62 Å². The molecular formula is C25H29Cl4N3O4S. The number of nitrogens with zero attached hydrogens (tertiary/aromatic N) is 2. The van der Waals surface area contributed by atoms with Gasteiger partial charge in [-0.15, -0.1) is 0 Å². The molecular weight excluding hydrogens is 580 g/mol. The molecule has 0 heterocycles. The molecule has 2 aromatic carbocycles. The lowest BCUT2D eigenvalue weighted by Gasteiger charge is -2.34. The maximum atomic E-state index is 13.8. The number of carbonyl (C=O) groups excluding carboxylic acids is 2. The molecule has 0 unspecified atom stereocenters. The van der Waals surface area contributed by atoms with Crippen molar-refractivity contribution in [2.45, 2.75) is 57.7 Å². The highest BCUT2D eigenvalue weighted by Gasteiger charge is 2.34. The van der Waals surface area contributed by atoms with E-state index in [1.165, 1.54) is 23.1 Å². The van der Waals surface area contributed by atoms with Gasteiger partial charge in [0.2, 0.25) is 21.8 Å². The van der Waals surface area contributed by atoms with Gasteiger partial charge in [0.25, 0.3) is 0 Å². The minimum atomic E-state index is -3.96. The van der Waals surface area contributed by atoms with Gasteiger partial charge < -0.3 is 10.2 Å². The van der Waals surface area contributed by atoms with E-state index in [4.69, 9.17) is 46.4 Å². The average Bonchev–Trinajstić information content (AvgIpc) is 3.33. The zero-order valence-corrected chi connectivity index (χ0v) is 24.4. The van der Waals surface area contributed by atoms with Crippen LogP contribution in [0.3, 0.4) is 0 Å². The number of carbonyl (C=O) groups is 2. The van der Waals surface area contributed by atoms with E-state index >= 15 is 0 Å². The number of benzene rings is 2. The van der Waals surface area contributed by atoms with Gasteiger partial charge in [0.1, 0.15) is 12.6 Å². The Morgan fingerprint density at radius 3 is 2.22 bits per heavy atom. The van der Waals surface area contributed by atoms with E-state index in [1.807, 2.05) is 0 Å². The van der Waals surface area contributed by atoms with Crippen LogP contribution in [0, 0.1) is 0 Å². The van der Waals surface area contributed by atoms with Crippen LogP contribution in [0.1, 0.15) is 44.6 Å². The monoisotopic (exact) mass is 607 g/mol. The molecule has 1 saturated carbocycles. The summed E-state index contributed by atoms with van der Waals surface area (Å²) in [5.74, 6) is -0.927. The highest BCUT2D eigenvalue weighted by molar-refractivity contribution is 7.92. The molecule has 1 aliphatic rings. The molecule has 1 aliphatic carbocycles. The summed E-state index contributed by atoms with van der Waals surface area (Å²) in [5.41, 5.74) is 0.516. The van der Waals surface area contributed by atoms with Gasteiger partial charge in [-0.25, -0.2) is 8.42 Å². The van der Waals surface area contributed by atoms with E-state index in [9.17, 15) is 18.0 Å². The van der Waals surface area contributed by atoms with E-state index < -0.39 is 28.5 Å². The number of halogens is 4. The van der Waals surface area contributed by atoms with Crippen molar-refractivity contribution in [3.8, 4) is 0 Å². The molecule has 0 aliphatic heterocycles. The maximum Gasteiger partial charge on any atom is 0.244 e. The number of hydrogen-bond donors (Lipinski definition) is 1. The fourth-order valence-corrected chi connectivity index (χ4v) is 6.22. The largest absolute Gasteiger partial charge is 0.352 e. The molecule has 7 nitrogen and oxygen atoms in total. The normalized spacial score (nSPS) is 14.9. The second-order valence-corrected chi connectivity index (χ2v) is 12.6. The van der Waals surface area contributed by atoms with E-state index in [2.05, 4.69) is 5.32 Å². The minimum absolute atomic E-state index is 0.0418. The molecule has 202 valence electrons. The fraction of sp³-hybridized carbons (Fsp3) is 0.440. The van der Waals surface area contributed by atoms with Gasteiger partial charge in [-0.1, -0.05) is 72.2 Å². The molecule has 2 aromatic rings. The third-order valence-corrected chi connectivity index (χ3v) is 8.72. The zero-order chi connectivity index (χ0) is 27.3. The van der Waals surface area contributed by atoms with Crippen molar-refractivity contribution in [2.24, 2.45) is 0 Å². The Morgan fingerprint density at radius 1 is 1.03 bits per heavy atom. The Bertz CT molecular complexity index is 1230. The molecule has 3 rings (SSSR count). The first kappa shape index (κ1) is 29.8. The van der Waals surface area contributed by atoms with Gasteiger partial charge in [0.05, 0.1) is 17.0 Å². The van der Waals surface area contributed by atoms with E-state index in [-0.39, 0.29) is 34.2 Å². The smallest absolute Gasteiger partial charge is 0.244 e. The molecule has 1 N–H and O–H groups in total. The summed E-state index contributed by atoms with van der Waals surface area (Å²) in [6.07, 6.45) is 5.08. The van der Waals surface area contributed by atoms with Gasteiger partial charge in [-0.3, -0.25) is 13.9 Å². The van der Waals surface area contributed by atoms with E-state index in [0.29, 0.717) is 22.0 Å². The third-order valence-electron chi connectivity index (χ3n) is 6.33. The van der Waals surface area contributed by atoms with Gasteiger partial charge >= 0.3 is 0 Å². The summed E-state index contributed by atoms with van der Waals surface area (Å²) in [6, 6.07) is 8.46. The number of nitrogens with one attached hydrogen (secondary N) is 1. The summed E-state index contributed by atoms with van der Waals surface area (Å²) in [6.45, 7) is 1.10. The second-order valence-electron chi connectivity index (χ2n) is 9.00.